The van der Waals surface area contributed by atoms with Crippen molar-refractivity contribution in [3.8, 4) is 5.75 Å². The van der Waals surface area contributed by atoms with E-state index in [0.29, 0.717) is 11.3 Å². The van der Waals surface area contributed by atoms with Crippen molar-refractivity contribution in [3.63, 3.8) is 0 Å². The van der Waals surface area contributed by atoms with Crippen LogP contribution in [-0.2, 0) is 11.2 Å². The van der Waals surface area contributed by atoms with Gasteiger partial charge in [-0.2, -0.15) is 0 Å². The van der Waals surface area contributed by atoms with Gasteiger partial charge < -0.3 is 15.4 Å². The Morgan fingerprint density at radius 1 is 1.04 bits per heavy atom. The molecule has 2 aromatic rings. The van der Waals surface area contributed by atoms with E-state index in [-0.39, 0.29) is 30.8 Å². The zero-order valence-electron chi connectivity index (χ0n) is 15.3. The van der Waals surface area contributed by atoms with Gasteiger partial charge in [0, 0.05) is 19.0 Å². The zero-order chi connectivity index (χ0) is 18.8. The fraction of sp³-hybridized carbons (Fsp3) is 0.333. The molecule has 0 saturated heterocycles. The minimum Gasteiger partial charge on any atom is -0.496 e. The highest BCUT2D eigenvalue weighted by Crippen LogP contribution is 2.16. The van der Waals surface area contributed by atoms with Gasteiger partial charge in [-0.1, -0.05) is 42.5 Å². The highest BCUT2D eigenvalue weighted by Gasteiger charge is 2.12. The molecule has 0 aromatic heterocycles. The second-order valence-electron chi connectivity index (χ2n) is 6.20. The molecule has 0 bridgehead atoms. The van der Waals surface area contributed by atoms with Crippen molar-refractivity contribution < 1.29 is 14.3 Å². The van der Waals surface area contributed by atoms with Crippen molar-refractivity contribution in [2.45, 2.75) is 32.2 Å². The van der Waals surface area contributed by atoms with E-state index in [1.165, 1.54) is 12.7 Å². The fourth-order valence-corrected chi connectivity index (χ4v) is 2.66. The molecule has 2 rings (SSSR count). The number of hydrogen-bond donors (Lipinski definition) is 2. The summed E-state index contributed by atoms with van der Waals surface area (Å²) < 4.78 is 5.17. The van der Waals surface area contributed by atoms with Crippen molar-refractivity contribution in [2.24, 2.45) is 0 Å². The number of hydrogen-bond acceptors (Lipinski definition) is 3. The Labute approximate surface area is 154 Å². The summed E-state index contributed by atoms with van der Waals surface area (Å²) in [4.78, 5) is 24.2. The molecular weight excluding hydrogens is 328 g/mol. The van der Waals surface area contributed by atoms with E-state index in [4.69, 9.17) is 4.74 Å². The third kappa shape index (κ3) is 6.24. The first kappa shape index (κ1) is 19.5. The Morgan fingerprint density at radius 3 is 2.46 bits per heavy atom. The molecule has 2 amide bonds. The number of para-hydroxylation sites is 1. The van der Waals surface area contributed by atoms with Crippen LogP contribution in [0.25, 0.3) is 0 Å². The van der Waals surface area contributed by atoms with Crippen LogP contribution in [0.15, 0.2) is 54.6 Å². The van der Waals surface area contributed by atoms with Crippen LogP contribution in [0.3, 0.4) is 0 Å². The van der Waals surface area contributed by atoms with E-state index in [9.17, 15) is 9.59 Å². The van der Waals surface area contributed by atoms with Gasteiger partial charge in [-0.05, 0) is 37.5 Å². The average Bonchev–Trinajstić information content (AvgIpc) is 2.67. The van der Waals surface area contributed by atoms with Crippen molar-refractivity contribution in [1.29, 1.82) is 0 Å². The number of methoxy groups -OCH3 is 1. The molecule has 138 valence electrons. The number of carbonyl (C=O) groups excluding carboxylic acids is 2. The van der Waals surface area contributed by atoms with Crippen LogP contribution in [0.5, 0.6) is 5.75 Å². The summed E-state index contributed by atoms with van der Waals surface area (Å²) in [7, 11) is 1.52. The summed E-state index contributed by atoms with van der Waals surface area (Å²) in [5, 5.41) is 5.73. The van der Waals surface area contributed by atoms with Crippen LogP contribution in [0.2, 0.25) is 0 Å². The van der Waals surface area contributed by atoms with Crippen molar-refractivity contribution in [3.05, 3.63) is 65.7 Å². The van der Waals surface area contributed by atoms with Crippen LogP contribution >= 0.6 is 0 Å². The summed E-state index contributed by atoms with van der Waals surface area (Å²) >= 11 is 0. The van der Waals surface area contributed by atoms with E-state index in [1.807, 2.05) is 25.1 Å². The Bertz CT molecular complexity index is 716. The number of ether oxygens (including phenoxy) is 1. The largest absolute Gasteiger partial charge is 0.496 e. The Morgan fingerprint density at radius 2 is 1.73 bits per heavy atom. The van der Waals surface area contributed by atoms with Gasteiger partial charge in [-0.3, -0.25) is 9.59 Å². The average molecular weight is 354 g/mol. The van der Waals surface area contributed by atoms with E-state index < -0.39 is 0 Å². The van der Waals surface area contributed by atoms with Crippen molar-refractivity contribution >= 4 is 11.8 Å². The lowest BCUT2D eigenvalue weighted by atomic mass is 10.1. The standard InChI is InChI=1S/C21H26N2O3/c1-16(12-13-17-8-4-3-5-9-17)23-20(24)14-15-22-21(25)18-10-6-7-11-19(18)26-2/h3-11,16H,12-15H2,1-2H3,(H,22,25)(H,23,24)/t16-/m1/s1. The fourth-order valence-electron chi connectivity index (χ4n) is 2.66. The minimum atomic E-state index is -0.243. The van der Waals surface area contributed by atoms with Gasteiger partial charge >= 0.3 is 0 Å². The second kappa shape index (κ2) is 10.2. The predicted molar refractivity (Wildman–Crippen MR) is 102 cm³/mol. The number of nitrogens with one attached hydrogen (secondary N) is 2. The molecule has 0 saturated carbocycles. The summed E-state index contributed by atoms with van der Waals surface area (Å²) in [6.07, 6.45) is 2.05. The lowest BCUT2D eigenvalue weighted by Crippen LogP contribution is -2.35. The van der Waals surface area contributed by atoms with Gasteiger partial charge in [0.1, 0.15) is 5.75 Å². The van der Waals surface area contributed by atoms with Gasteiger partial charge in [0.05, 0.1) is 12.7 Å². The van der Waals surface area contributed by atoms with Crippen LogP contribution in [0.1, 0.15) is 35.7 Å². The second-order valence-corrected chi connectivity index (χ2v) is 6.20. The first-order chi connectivity index (χ1) is 12.6. The Balaban J connectivity index is 1.69. The molecule has 0 aliphatic rings. The maximum atomic E-state index is 12.2. The van der Waals surface area contributed by atoms with E-state index in [2.05, 4.69) is 22.8 Å². The monoisotopic (exact) mass is 354 g/mol. The lowest BCUT2D eigenvalue weighted by molar-refractivity contribution is -0.121. The van der Waals surface area contributed by atoms with Gasteiger partial charge in [0.25, 0.3) is 5.91 Å². The van der Waals surface area contributed by atoms with Gasteiger partial charge in [0.15, 0.2) is 0 Å². The van der Waals surface area contributed by atoms with E-state index in [0.717, 1.165) is 12.8 Å². The summed E-state index contributed by atoms with van der Waals surface area (Å²) in [5.74, 6) is 0.210. The van der Waals surface area contributed by atoms with Crippen LogP contribution in [0, 0.1) is 0 Å². The molecule has 5 nitrogen and oxygen atoms in total. The first-order valence-corrected chi connectivity index (χ1v) is 8.84. The number of rotatable bonds is 9. The quantitative estimate of drug-likeness (QED) is 0.727. The van der Waals surface area contributed by atoms with E-state index >= 15 is 0 Å². The normalized spacial score (nSPS) is 11.5. The third-order valence-electron chi connectivity index (χ3n) is 4.11. The van der Waals surface area contributed by atoms with Crippen LogP contribution in [-0.4, -0.2) is 31.5 Å². The van der Waals surface area contributed by atoms with Crippen LogP contribution < -0.4 is 15.4 Å². The number of carbonyl (C=O) groups is 2. The molecular formula is C21H26N2O3. The number of aryl methyl sites for hydroxylation is 1. The van der Waals surface area contributed by atoms with Crippen molar-refractivity contribution in [1.82, 2.24) is 10.6 Å². The molecule has 5 heteroatoms. The van der Waals surface area contributed by atoms with Gasteiger partial charge in [-0.25, -0.2) is 0 Å². The zero-order valence-corrected chi connectivity index (χ0v) is 15.3. The SMILES string of the molecule is COc1ccccc1C(=O)NCCC(=O)N[C@H](C)CCc1ccccc1. The highest BCUT2D eigenvalue weighted by molar-refractivity contribution is 5.97. The molecule has 0 aliphatic carbocycles. The first-order valence-electron chi connectivity index (χ1n) is 8.84. The minimum absolute atomic E-state index is 0.0640. The maximum absolute atomic E-state index is 12.2. The van der Waals surface area contributed by atoms with Crippen molar-refractivity contribution in [2.75, 3.05) is 13.7 Å². The smallest absolute Gasteiger partial charge is 0.255 e. The predicted octanol–water partition coefficient (Wildman–Crippen LogP) is 2.95. The van der Waals surface area contributed by atoms with E-state index in [1.54, 1.807) is 24.3 Å². The van der Waals surface area contributed by atoms with Crippen LogP contribution in [0.4, 0.5) is 0 Å². The summed E-state index contributed by atoms with van der Waals surface area (Å²) in [6.45, 7) is 2.28. The van der Waals surface area contributed by atoms with Gasteiger partial charge in [-0.15, -0.1) is 0 Å². The maximum Gasteiger partial charge on any atom is 0.255 e. The molecule has 0 unspecified atom stereocenters. The number of benzene rings is 2. The Kier molecular flexibility index (Phi) is 7.68. The molecule has 0 aliphatic heterocycles. The topological polar surface area (TPSA) is 67.4 Å². The molecule has 0 spiro atoms. The summed E-state index contributed by atoms with van der Waals surface area (Å²) in [5.41, 5.74) is 1.73. The molecule has 1 atom stereocenters. The molecule has 2 aromatic carbocycles. The molecule has 0 radical (unpaired) electrons. The Hall–Kier alpha value is -2.82. The highest BCUT2D eigenvalue weighted by atomic mass is 16.5. The third-order valence-corrected chi connectivity index (χ3v) is 4.11. The lowest BCUT2D eigenvalue weighted by Gasteiger charge is -2.14. The molecule has 0 fully saturated rings. The molecule has 2 N–H and O–H groups in total. The molecule has 26 heavy (non-hydrogen) atoms. The van der Waals surface area contributed by atoms with Gasteiger partial charge in [0.2, 0.25) is 5.91 Å². The molecule has 0 heterocycles. The summed E-state index contributed by atoms with van der Waals surface area (Å²) in [6, 6.07) is 17.3. The number of amides is 2.